The van der Waals surface area contributed by atoms with Crippen molar-refractivity contribution >= 4 is 11.8 Å². The summed E-state index contributed by atoms with van der Waals surface area (Å²) in [6, 6.07) is 9.88. The first-order valence-electron chi connectivity index (χ1n) is 7.60. The van der Waals surface area contributed by atoms with Crippen LogP contribution in [0.5, 0.6) is 0 Å². The Morgan fingerprint density at radius 2 is 2.09 bits per heavy atom. The minimum atomic E-state index is -0.250. The number of hydrogen-bond acceptors (Lipinski definition) is 3. The zero-order valence-electron chi connectivity index (χ0n) is 13.5. The molecule has 0 spiro atoms. The van der Waals surface area contributed by atoms with Gasteiger partial charge in [0.1, 0.15) is 0 Å². The molecule has 1 fully saturated rings. The topological polar surface area (TPSA) is 49.9 Å². The Labute approximate surface area is 131 Å². The Bertz CT molecular complexity index is 518. The first-order chi connectivity index (χ1) is 10.5. The highest BCUT2D eigenvalue weighted by atomic mass is 16.5. The predicted molar refractivity (Wildman–Crippen MR) is 84.1 cm³/mol. The minimum Gasteiger partial charge on any atom is -0.383 e. The molecule has 2 rings (SSSR count). The number of rotatable bonds is 6. The van der Waals surface area contributed by atoms with E-state index in [1.54, 1.807) is 24.0 Å². The average Bonchev–Trinajstić information content (AvgIpc) is 2.89. The van der Waals surface area contributed by atoms with Gasteiger partial charge in [-0.25, -0.2) is 0 Å². The lowest BCUT2D eigenvalue weighted by Crippen LogP contribution is -2.39. The van der Waals surface area contributed by atoms with Gasteiger partial charge < -0.3 is 14.5 Å². The summed E-state index contributed by atoms with van der Waals surface area (Å²) in [6.07, 6.45) is 0.298. The van der Waals surface area contributed by atoms with E-state index in [1.807, 2.05) is 37.3 Å². The number of carbonyl (C=O) groups is 2. The fourth-order valence-electron chi connectivity index (χ4n) is 2.90. The maximum Gasteiger partial charge on any atom is 0.228 e. The van der Waals surface area contributed by atoms with Gasteiger partial charge in [-0.1, -0.05) is 30.3 Å². The summed E-state index contributed by atoms with van der Waals surface area (Å²) in [5, 5.41) is 0. The zero-order valence-corrected chi connectivity index (χ0v) is 13.5. The highest BCUT2D eigenvalue weighted by molar-refractivity contribution is 5.89. The molecule has 0 saturated carbocycles. The Balaban J connectivity index is 1.94. The van der Waals surface area contributed by atoms with Crippen molar-refractivity contribution in [1.82, 2.24) is 9.80 Å². The Kier molecular flexibility index (Phi) is 5.55. The lowest BCUT2D eigenvalue weighted by Gasteiger charge is -2.25. The summed E-state index contributed by atoms with van der Waals surface area (Å²) < 4.78 is 5.10. The standard InChI is InChI=1S/C17H24N2O3/c1-13(12-22-3)19-11-15(9-16(19)20)17(21)18(2)10-14-7-5-4-6-8-14/h4-8,13,15H,9-12H2,1-3H3/t13-,15-/m1/s1. The smallest absolute Gasteiger partial charge is 0.228 e. The number of hydrogen-bond donors (Lipinski definition) is 0. The van der Waals surface area contributed by atoms with Gasteiger partial charge in [0.2, 0.25) is 11.8 Å². The zero-order chi connectivity index (χ0) is 16.1. The fourth-order valence-corrected chi connectivity index (χ4v) is 2.90. The summed E-state index contributed by atoms with van der Waals surface area (Å²) in [5.74, 6) is -0.180. The summed E-state index contributed by atoms with van der Waals surface area (Å²) in [5.41, 5.74) is 1.09. The molecule has 1 aliphatic heterocycles. The van der Waals surface area contributed by atoms with Crippen molar-refractivity contribution in [2.75, 3.05) is 27.3 Å². The van der Waals surface area contributed by atoms with Crippen LogP contribution < -0.4 is 0 Å². The number of methoxy groups -OCH3 is 1. The minimum absolute atomic E-state index is 0.00901. The van der Waals surface area contributed by atoms with E-state index in [0.29, 0.717) is 26.1 Å². The summed E-state index contributed by atoms with van der Waals surface area (Å²) in [7, 11) is 3.41. The van der Waals surface area contributed by atoms with Crippen LogP contribution in [0.25, 0.3) is 0 Å². The predicted octanol–water partition coefficient (Wildman–Crippen LogP) is 1.53. The molecule has 0 radical (unpaired) electrons. The van der Waals surface area contributed by atoms with Crippen LogP contribution in [0.2, 0.25) is 0 Å². The van der Waals surface area contributed by atoms with Gasteiger partial charge >= 0.3 is 0 Å². The average molecular weight is 304 g/mol. The number of ether oxygens (including phenoxy) is 1. The molecule has 0 unspecified atom stereocenters. The van der Waals surface area contributed by atoms with Gasteiger partial charge in [-0.15, -0.1) is 0 Å². The van der Waals surface area contributed by atoms with E-state index in [0.717, 1.165) is 5.56 Å². The van der Waals surface area contributed by atoms with E-state index in [1.165, 1.54) is 0 Å². The number of amides is 2. The molecule has 1 aromatic rings. The molecule has 1 saturated heterocycles. The van der Waals surface area contributed by atoms with Crippen molar-refractivity contribution in [2.24, 2.45) is 5.92 Å². The van der Waals surface area contributed by atoms with Crippen LogP contribution in [0, 0.1) is 5.92 Å². The maximum absolute atomic E-state index is 12.5. The summed E-state index contributed by atoms with van der Waals surface area (Å²) in [4.78, 5) is 28.1. The maximum atomic E-state index is 12.5. The third kappa shape index (κ3) is 3.85. The molecule has 2 amide bonds. The lowest BCUT2D eigenvalue weighted by molar-refractivity contribution is -0.135. The van der Waals surface area contributed by atoms with Crippen LogP contribution in [0.15, 0.2) is 30.3 Å². The number of likely N-dealkylation sites (tertiary alicyclic amines) is 1. The first-order valence-corrected chi connectivity index (χ1v) is 7.60. The van der Waals surface area contributed by atoms with Crippen molar-refractivity contribution in [2.45, 2.75) is 25.9 Å². The van der Waals surface area contributed by atoms with Gasteiger partial charge in [0.15, 0.2) is 0 Å². The van der Waals surface area contributed by atoms with Crippen molar-refractivity contribution in [3.63, 3.8) is 0 Å². The molecule has 2 atom stereocenters. The highest BCUT2D eigenvalue weighted by Gasteiger charge is 2.37. The molecule has 1 aliphatic rings. The molecule has 120 valence electrons. The SMILES string of the molecule is COC[C@@H](C)N1C[C@H](C(=O)N(C)Cc2ccccc2)CC1=O. The number of carbonyl (C=O) groups excluding carboxylic acids is 2. The quantitative estimate of drug-likeness (QED) is 0.801. The third-order valence-corrected chi connectivity index (χ3v) is 4.09. The van der Waals surface area contributed by atoms with Crippen molar-refractivity contribution < 1.29 is 14.3 Å². The van der Waals surface area contributed by atoms with Gasteiger partial charge in [0.05, 0.1) is 18.6 Å². The van der Waals surface area contributed by atoms with E-state index >= 15 is 0 Å². The van der Waals surface area contributed by atoms with Crippen molar-refractivity contribution in [3.05, 3.63) is 35.9 Å². The normalized spacial score (nSPS) is 19.3. The molecule has 22 heavy (non-hydrogen) atoms. The van der Waals surface area contributed by atoms with Gasteiger partial charge in [-0.05, 0) is 12.5 Å². The van der Waals surface area contributed by atoms with Crippen LogP contribution in [-0.2, 0) is 20.9 Å². The third-order valence-electron chi connectivity index (χ3n) is 4.09. The molecule has 0 aromatic heterocycles. The Hall–Kier alpha value is -1.88. The first kappa shape index (κ1) is 16.5. The summed E-state index contributed by atoms with van der Waals surface area (Å²) >= 11 is 0. The van der Waals surface area contributed by atoms with Crippen molar-refractivity contribution in [3.8, 4) is 0 Å². The molecule has 5 heteroatoms. The second-order valence-corrected chi connectivity index (χ2v) is 5.93. The van der Waals surface area contributed by atoms with Crippen LogP contribution in [0.3, 0.4) is 0 Å². The molecule has 0 N–H and O–H groups in total. The van der Waals surface area contributed by atoms with Crippen molar-refractivity contribution in [1.29, 1.82) is 0 Å². The molecule has 5 nitrogen and oxygen atoms in total. The largest absolute Gasteiger partial charge is 0.383 e. The highest BCUT2D eigenvalue weighted by Crippen LogP contribution is 2.22. The van der Waals surface area contributed by atoms with Gasteiger partial charge in [-0.2, -0.15) is 0 Å². The van der Waals surface area contributed by atoms with E-state index in [-0.39, 0.29) is 23.8 Å². The second kappa shape index (κ2) is 7.40. The van der Waals surface area contributed by atoms with Gasteiger partial charge in [0.25, 0.3) is 0 Å². The lowest BCUT2D eigenvalue weighted by atomic mass is 10.1. The van der Waals surface area contributed by atoms with E-state index in [4.69, 9.17) is 4.74 Å². The molecule has 0 aliphatic carbocycles. The molecule has 0 bridgehead atoms. The van der Waals surface area contributed by atoms with E-state index in [9.17, 15) is 9.59 Å². The van der Waals surface area contributed by atoms with Crippen LogP contribution in [0.4, 0.5) is 0 Å². The van der Waals surface area contributed by atoms with E-state index in [2.05, 4.69) is 0 Å². The fraction of sp³-hybridized carbons (Fsp3) is 0.529. The molecule has 1 heterocycles. The number of nitrogens with zero attached hydrogens (tertiary/aromatic N) is 2. The monoisotopic (exact) mass is 304 g/mol. The van der Waals surface area contributed by atoms with E-state index < -0.39 is 0 Å². The van der Waals surface area contributed by atoms with Gasteiger partial charge in [0, 0.05) is 33.7 Å². The molecule has 1 aromatic carbocycles. The molecular formula is C17H24N2O3. The Morgan fingerprint density at radius 1 is 1.41 bits per heavy atom. The van der Waals surface area contributed by atoms with Gasteiger partial charge in [-0.3, -0.25) is 9.59 Å². The molecular weight excluding hydrogens is 280 g/mol. The van der Waals surface area contributed by atoms with Crippen LogP contribution in [-0.4, -0.2) is 55.0 Å². The number of benzene rings is 1. The summed E-state index contributed by atoms with van der Waals surface area (Å²) in [6.45, 7) is 3.49. The second-order valence-electron chi connectivity index (χ2n) is 5.93. The van der Waals surface area contributed by atoms with Crippen LogP contribution in [0.1, 0.15) is 18.9 Å². The Morgan fingerprint density at radius 3 is 2.73 bits per heavy atom. The van der Waals surface area contributed by atoms with Crippen LogP contribution >= 0.6 is 0 Å².